The summed E-state index contributed by atoms with van der Waals surface area (Å²) in [6.45, 7) is 14.4. The molecule has 0 radical (unpaired) electrons. The zero-order valence-corrected chi connectivity index (χ0v) is 19.1. The molecule has 2 unspecified atom stereocenters. The van der Waals surface area contributed by atoms with Crippen LogP contribution >= 0.6 is 0 Å². The van der Waals surface area contributed by atoms with E-state index in [-0.39, 0.29) is 6.10 Å². The lowest BCUT2D eigenvalue weighted by Gasteiger charge is -2.29. The number of morpholine rings is 1. The summed E-state index contributed by atoms with van der Waals surface area (Å²) in [7, 11) is 1.87. The summed E-state index contributed by atoms with van der Waals surface area (Å²) >= 11 is 0. The van der Waals surface area contributed by atoms with Gasteiger partial charge in [0.15, 0.2) is 5.96 Å². The SMILES string of the molecule is CN=C(NCc1ccnc(OC(C)CC(C)C)c1)N1CCC(CN2CCOCC2)C1. The Morgan fingerprint density at radius 1 is 1.30 bits per heavy atom. The molecule has 0 amide bonds. The average molecular weight is 418 g/mol. The van der Waals surface area contributed by atoms with Gasteiger partial charge in [0, 0.05) is 58.6 Å². The molecule has 1 aromatic heterocycles. The second-order valence-electron chi connectivity index (χ2n) is 8.97. The van der Waals surface area contributed by atoms with Crippen molar-refractivity contribution >= 4 is 5.96 Å². The third-order valence-electron chi connectivity index (χ3n) is 5.79. The molecule has 0 bridgehead atoms. The summed E-state index contributed by atoms with van der Waals surface area (Å²) in [5, 5.41) is 3.52. The number of hydrogen-bond acceptors (Lipinski definition) is 5. The van der Waals surface area contributed by atoms with Crippen LogP contribution < -0.4 is 10.1 Å². The molecule has 7 nitrogen and oxygen atoms in total. The summed E-state index contributed by atoms with van der Waals surface area (Å²) in [6, 6.07) is 4.06. The lowest BCUT2D eigenvalue weighted by Crippen LogP contribution is -2.42. The Hall–Kier alpha value is -1.86. The predicted molar refractivity (Wildman–Crippen MR) is 121 cm³/mol. The van der Waals surface area contributed by atoms with Crippen LogP contribution in [0.1, 0.15) is 39.2 Å². The zero-order valence-electron chi connectivity index (χ0n) is 19.1. The first-order valence-electron chi connectivity index (χ1n) is 11.4. The van der Waals surface area contributed by atoms with Crippen LogP contribution in [0.2, 0.25) is 0 Å². The minimum Gasteiger partial charge on any atom is -0.475 e. The Balaban J connectivity index is 1.46. The molecule has 2 fully saturated rings. The predicted octanol–water partition coefficient (Wildman–Crippen LogP) is 2.62. The normalized spacial score (nSPS) is 21.8. The van der Waals surface area contributed by atoms with Gasteiger partial charge in [0.05, 0.1) is 19.3 Å². The van der Waals surface area contributed by atoms with Crippen molar-refractivity contribution in [2.75, 3.05) is 53.0 Å². The fourth-order valence-electron chi connectivity index (χ4n) is 4.38. The highest BCUT2D eigenvalue weighted by Gasteiger charge is 2.27. The monoisotopic (exact) mass is 417 g/mol. The van der Waals surface area contributed by atoms with Gasteiger partial charge in [-0.15, -0.1) is 0 Å². The summed E-state index contributed by atoms with van der Waals surface area (Å²) in [5.41, 5.74) is 1.15. The van der Waals surface area contributed by atoms with Gasteiger partial charge >= 0.3 is 0 Å². The Bertz CT molecular complexity index is 675. The number of ether oxygens (including phenoxy) is 2. The highest BCUT2D eigenvalue weighted by molar-refractivity contribution is 5.80. The summed E-state index contributed by atoms with van der Waals surface area (Å²) in [6.07, 6.45) is 4.24. The van der Waals surface area contributed by atoms with E-state index in [0.29, 0.717) is 17.7 Å². The first-order valence-corrected chi connectivity index (χ1v) is 11.4. The molecule has 2 saturated heterocycles. The van der Waals surface area contributed by atoms with Crippen LogP contribution in [0.15, 0.2) is 23.3 Å². The molecule has 2 aliphatic rings. The van der Waals surface area contributed by atoms with E-state index in [0.717, 1.165) is 70.4 Å². The van der Waals surface area contributed by atoms with Gasteiger partial charge in [-0.1, -0.05) is 13.8 Å². The van der Waals surface area contributed by atoms with Gasteiger partial charge in [-0.2, -0.15) is 0 Å². The average Bonchev–Trinajstić information content (AvgIpc) is 3.17. The van der Waals surface area contributed by atoms with E-state index in [2.05, 4.69) is 45.9 Å². The first kappa shape index (κ1) is 22.8. The van der Waals surface area contributed by atoms with Crippen molar-refractivity contribution in [3.63, 3.8) is 0 Å². The molecular weight excluding hydrogens is 378 g/mol. The molecule has 1 aromatic rings. The number of hydrogen-bond donors (Lipinski definition) is 1. The van der Waals surface area contributed by atoms with E-state index in [1.165, 1.54) is 6.42 Å². The lowest BCUT2D eigenvalue weighted by atomic mass is 10.1. The van der Waals surface area contributed by atoms with Gasteiger partial charge in [0.1, 0.15) is 0 Å². The van der Waals surface area contributed by atoms with Crippen molar-refractivity contribution in [1.29, 1.82) is 0 Å². The molecule has 0 saturated carbocycles. The van der Waals surface area contributed by atoms with E-state index in [4.69, 9.17) is 9.47 Å². The second kappa shape index (κ2) is 11.5. The third-order valence-corrected chi connectivity index (χ3v) is 5.79. The number of nitrogens with zero attached hydrogens (tertiary/aromatic N) is 4. The molecule has 168 valence electrons. The molecule has 0 spiro atoms. The van der Waals surface area contributed by atoms with E-state index < -0.39 is 0 Å². The highest BCUT2D eigenvalue weighted by Crippen LogP contribution is 2.19. The second-order valence-corrected chi connectivity index (χ2v) is 8.97. The number of aromatic nitrogens is 1. The summed E-state index contributed by atoms with van der Waals surface area (Å²) < 4.78 is 11.5. The van der Waals surface area contributed by atoms with Crippen molar-refractivity contribution in [1.82, 2.24) is 20.1 Å². The van der Waals surface area contributed by atoms with E-state index >= 15 is 0 Å². The number of aliphatic imine (C=N–C) groups is 1. The van der Waals surface area contributed by atoms with Gasteiger partial charge in [0.2, 0.25) is 5.88 Å². The Kier molecular flexibility index (Phi) is 8.75. The van der Waals surface area contributed by atoms with Crippen LogP contribution in [0.4, 0.5) is 0 Å². The maximum atomic E-state index is 5.99. The number of nitrogens with one attached hydrogen (secondary N) is 1. The zero-order chi connectivity index (χ0) is 21.3. The van der Waals surface area contributed by atoms with E-state index in [1.807, 2.05) is 25.4 Å². The largest absolute Gasteiger partial charge is 0.475 e. The number of pyridine rings is 1. The molecular formula is C23H39N5O2. The van der Waals surface area contributed by atoms with Crippen molar-refractivity contribution in [2.24, 2.45) is 16.8 Å². The summed E-state index contributed by atoms with van der Waals surface area (Å²) in [5.74, 6) is 2.99. The molecule has 3 rings (SSSR count). The topological polar surface area (TPSA) is 62.2 Å². The maximum absolute atomic E-state index is 5.99. The Morgan fingerprint density at radius 2 is 2.10 bits per heavy atom. The highest BCUT2D eigenvalue weighted by atomic mass is 16.5. The van der Waals surface area contributed by atoms with Crippen LogP contribution in [0.5, 0.6) is 5.88 Å². The minimum absolute atomic E-state index is 0.168. The number of likely N-dealkylation sites (tertiary alicyclic amines) is 1. The van der Waals surface area contributed by atoms with E-state index in [9.17, 15) is 0 Å². The molecule has 2 aliphatic heterocycles. The first-order chi connectivity index (χ1) is 14.5. The van der Waals surface area contributed by atoms with Gasteiger partial charge in [-0.05, 0) is 43.2 Å². The molecule has 7 heteroatoms. The molecule has 30 heavy (non-hydrogen) atoms. The Morgan fingerprint density at radius 3 is 2.83 bits per heavy atom. The van der Waals surface area contributed by atoms with Crippen molar-refractivity contribution in [3.05, 3.63) is 23.9 Å². The third kappa shape index (κ3) is 7.13. The lowest BCUT2D eigenvalue weighted by molar-refractivity contribution is 0.0315. The van der Waals surface area contributed by atoms with Crippen LogP contribution in [-0.2, 0) is 11.3 Å². The van der Waals surface area contributed by atoms with Crippen LogP contribution in [-0.4, -0.2) is 79.8 Å². The molecule has 0 aromatic carbocycles. The van der Waals surface area contributed by atoms with Gasteiger partial charge in [0.25, 0.3) is 0 Å². The minimum atomic E-state index is 0.168. The Labute approximate surface area is 181 Å². The van der Waals surface area contributed by atoms with Crippen LogP contribution in [0.3, 0.4) is 0 Å². The molecule has 0 aliphatic carbocycles. The number of guanidine groups is 1. The quantitative estimate of drug-likeness (QED) is 0.518. The number of rotatable bonds is 8. The smallest absolute Gasteiger partial charge is 0.213 e. The maximum Gasteiger partial charge on any atom is 0.213 e. The molecule has 1 N–H and O–H groups in total. The fraction of sp³-hybridized carbons (Fsp3) is 0.739. The standard InChI is InChI=1S/C23H39N5O2/c1-18(2)13-19(3)30-22-14-20(5-7-25-22)15-26-23(24-4)28-8-6-21(17-28)16-27-9-11-29-12-10-27/h5,7,14,18-19,21H,6,8-13,15-17H2,1-4H3,(H,24,26). The van der Waals surface area contributed by atoms with Crippen LogP contribution in [0.25, 0.3) is 0 Å². The van der Waals surface area contributed by atoms with Crippen molar-refractivity contribution < 1.29 is 9.47 Å². The molecule has 3 heterocycles. The van der Waals surface area contributed by atoms with Gasteiger partial charge in [-0.3, -0.25) is 9.89 Å². The fourth-order valence-corrected chi connectivity index (χ4v) is 4.38. The van der Waals surface area contributed by atoms with Crippen molar-refractivity contribution in [3.8, 4) is 5.88 Å². The van der Waals surface area contributed by atoms with E-state index in [1.54, 1.807) is 0 Å². The summed E-state index contributed by atoms with van der Waals surface area (Å²) in [4.78, 5) is 13.8. The van der Waals surface area contributed by atoms with Crippen LogP contribution in [0, 0.1) is 11.8 Å². The molecule has 2 atom stereocenters. The van der Waals surface area contributed by atoms with Gasteiger partial charge < -0.3 is 19.7 Å². The van der Waals surface area contributed by atoms with Crippen molar-refractivity contribution in [2.45, 2.75) is 46.3 Å². The van der Waals surface area contributed by atoms with Gasteiger partial charge in [-0.25, -0.2) is 4.98 Å².